The van der Waals surface area contributed by atoms with E-state index in [1.807, 2.05) is 0 Å². The molecule has 0 fully saturated rings. The Labute approximate surface area is 147 Å². The Morgan fingerprint density at radius 1 is 1.20 bits per heavy atom. The van der Waals surface area contributed by atoms with Crippen molar-refractivity contribution in [1.82, 2.24) is 24.8 Å². The highest BCUT2D eigenvalue weighted by atomic mass is 32.1. The molecule has 0 spiro atoms. The fraction of sp³-hybridized carbons (Fsp3) is 0.235. The SMILES string of the molecule is O=c1[nH]c(=S)[nH]c2c1CN(Cc1ncc(-c3ccc(F)cc3)[nH]1)CC2. The van der Waals surface area contributed by atoms with Crippen molar-refractivity contribution in [2.24, 2.45) is 0 Å². The van der Waals surface area contributed by atoms with Crippen LogP contribution < -0.4 is 5.56 Å². The zero-order valence-electron chi connectivity index (χ0n) is 13.3. The van der Waals surface area contributed by atoms with E-state index in [0.717, 1.165) is 41.3 Å². The highest BCUT2D eigenvalue weighted by molar-refractivity contribution is 7.71. The van der Waals surface area contributed by atoms with Gasteiger partial charge in [-0.05, 0) is 42.0 Å². The first-order chi connectivity index (χ1) is 12.1. The summed E-state index contributed by atoms with van der Waals surface area (Å²) >= 11 is 5.01. The lowest BCUT2D eigenvalue weighted by Gasteiger charge is -2.26. The third kappa shape index (κ3) is 3.31. The molecule has 8 heteroatoms. The largest absolute Gasteiger partial charge is 0.341 e. The van der Waals surface area contributed by atoms with E-state index < -0.39 is 0 Å². The van der Waals surface area contributed by atoms with Crippen LogP contribution in [-0.4, -0.2) is 31.4 Å². The van der Waals surface area contributed by atoms with E-state index in [-0.39, 0.29) is 11.4 Å². The molecule has 2 aromatic heterocycles. The molecule has 0 aliphatic carbocycles. The fourth-order valence-electron chi connectivity index (χ4n) is 3.08. The average molecular weight is 357 g/mol. The Morgan fingerprint density at radius 3 is 2.80 bits per heavy atom. The van der Waals surface area contributed by atoms with Crippen LogP contribution in [0, 0.1) is 10.6 Å². The van der Waals surface area contributed by atoms with Gasteiger partial charge in [-0.3, -0.25) is 14.7 Å². The van der Waals surface area contributed by atoms with E-state index in [4.69, 9.17) is 12.2 Å². The molecule has 128 valence electrons. The highest BCUT2D eigenvalue weighted by Gasteiger charge is 2.20. The van der Waals surface area contributed by atoms with E-state index in [1.54, 1.807) is 18.3 Å². The van der Waals surface area contributed by atoms with Crippen LogP contribution in [0.25, 0.3) is 11.3 Å². The molecule has 25 heavy (non-hydrogen) atoms. The lowest BCUT2D eigenvalue weighted by atomic mass is 10.1. The number of rotatable bonds is 3. The Morgan fingerprint density at radius 2 is 2.00 bits per heavy atom. The van der Waals surface area contributed by atoms with Crippen molar-refractivity contribution >= 4 is 12.2 Å². The van der Waals surface area contributed by atoms with Crippen LogP contribution >= 0.6 is 12.2 Å². The molecule has 0 amide bonds. The van der Waals surface area contributed by atoms with Gasteiger partial charge in [0, 0.05) is 25.2 Å². The number of halogens is 1. The number of aromatic nitrogens is 4. The molecule has 0 radical (unpaired) electrons. The first-order valence-corrected chi connectivity index (χ1v) is 8.36. The van der Waals surface area contributed by atoms with Crippen LogP contribution in [0.5, 0.6) is 0 Å². The molecular weight excluding hydrogens is 341 g/mol. The summed E-state index contributed by atoms with van der Waals surface area (Å²) in [5.41, 5.74) is 3.24. The molecular formula is C17H16FN5OS. The van der Waals surface area contributed by atoms with Crippen molar-refractivity contribution in [3.05, 3.63) is 68.5 Å². The third-order valence-corrected chi connectivity index (χ3v) is 4.55. The number of benzene rings is 1. The van der Waals surface area contributed by atoms with Gasteiger partial charge in [0.1, 0.15) is 11.6 Å². The molecule has 0 saturated carbocycles. The Balaban J connectivity index is 1.51. The van der Waals surface area contributed by atoms with E-state index in [2.05, 4.69) is 24.8 Å². The number of hydrogen-bond donors (Lipinski definition) is 3. The summed E-state index contributed by atoms with van der Waals surface area (Å²) in [5.74, 6) is 0.544. The van der Waals surface area contributed by atoms with Crippen molar-refractivity contribution in [2.75, 3.05) is 6.54 Å². The topological polar surface area (TPSA) is 80.6 Å². The molecule has 3 N–H and O–H groups in total. The van der Waals surface area contributed by atoms with Gasteiger partial charge in [-0.25, -0.2) is 9.37 Å². The summed E-state index contributed by atoms with van der Waals surface area (Å²) in [4.78, 5) is 27.6. The highest BCUT2D eigenvalue weighted by Crippen LogP contribution is 2.19. The number of fused-ring (bicyclic) bond motifs is 1. The number of aromatic amines is 3. The minimum absolute atomic E-state index is 0.130. The van der Waals surface area contributed by atoms with Crippen LogP contribution in [0.2, 0.25) is 0 Å². The molecule has 0 atom stereocenters. The van der Waals surface area contributed by atoms with Gasteiger partial charge in [0.05, 0.1) is 24.0 Å². The summed E-state index contributed by atoms with van der Waals surface area (Å²) in [5, 5.41) is 0. The Bertz CT molecular complexity index is 1020. The summed E-state index contributed by atoms with van der Waals surface area (Å²) < 4.78 is 13.4. The first-order valence-electron chi connectivity index (χ1n) is 7.95. The number of H-pyrrole nitrogens is 3. The van der Waals surface area contributed by atoms with Crippen LogP contribution in [-0.2, 0) is 19.5 Å². The normalized spacial score (nSPS) is 14.4. The lowest BCUT2D eigenvalue weighted by Crippen LogP contribution is -2.35. The summed E-state index contributed by atoms with van der Waals surface area (Å²) in [6.07, 6.45) is 2.49. The van der Waals surface area contributed by atoms with Crippen LogP contribution in [0.4, 0.5) is 4.39 Å². The molecule has 1 aromatic carbocycles. The van der Waals surface area contributed by atoms with Gasteiger partial charge in [-0.2, -0.15) is 0 Å². The van der Waals surface area contributed by atoms with Crippen LogP contribution in [0.1, 0.15) is 17.1 Å². The molecule has 3 heterocycles. The lowest BCUT2D eigenvalue weighted by molar-refractivity contribution is 0.236. The fourth-order valence-corrected chi connectivity index (χ4v) is 3.29. The molecule has 0 saturated heterocycles. The van der Waals surface area contributed by atoms with E-state index in [0.29, 0.717) is 17.9 Å². The second-order valence-electron chi connectivity index (χ2n) is 6.08. The van der Waals surface area contributed by atoms with Crippen LogP contribution in [0.15, 0.2) is 35.3 Å². The second kappa shape index (κ2) is 6.38. The Hall–Kier alpha value is -2.58. The standard InChI is InChI=1S/C17H16FN5OS/c18-11-3-1-10(2-4-11)14-7-19-15(20-14)9-23-6-5-13-12(8-23)16(24)22-17(25)21-13/h1-4,7H,5-6,8-9H2,(H,19,20)(H2,21,22,24,25). The summed E-state index contributed by atoms with van der Waals surface area (Å²) in [7, 11) is 0. The number of nitrogens with one attached hydrogen (secondary N) is 3. The van der Waals surface area contributed by atoms with Crippen molar-refractivity contribution in [1.29, 1.82) is 0 Å². The second-order valence-corrected chi connectivity index (χ2v) is 6.48. The molecule has 1 aliphatic rings. The molecule has 0 unspecified atom stereocenters. The minimum atomic E-state index is -0.264. The Kier molecular flexibility index (Phi) is 4.06. The van der Waals surface area contributed by atoms with Crippen molar-refractivity contribution in [3.63, 3.8) is 0 Å². The first kappa shape index (κ1) is 15.9. The van der Waals surface area contributed by atoms with Crippen LogP contribution in [0.3, 0.4) is 0 Å². The van der Waals surface area contributed by atoms with Crippen molar-refractivity contribution < 1.29 is 4.39 Å². The van der Waals surface area contributed by atoms with Gasteiger partial charge in [0.15, 0.2) is 4.77 Å². The molecule has 3 aromatic rings. The van der Waals surface area contributed by atoms with Crippen molar-refractivity contribution in [3.8, 4) is 11.3 Å². The smallest absolute Gasteiger partial charge is 0.256 e. The molecule has 0 bridgehead atoms. The van der Waals surface area contributed by atoms with E-state index in [9.17, 15) is 9.18 Å². The molecule has 6 nitrogen and oxygen atoms in total. The van der Waals surface area contributed by atoms with E-state index >= 15 is 0 Å². The predicted molar refractivity (Wildman–Crippen MR) is 94.0 cm³/mol. The minimum Gasteiger partial charge on any atom is -0.341 e. The zero-order valence-corrected chi connectivity index (χ0v) is 14.1. The maximum Gasteiger partial charge on any atom is 0.256 e. The van der Waals surface area contributed by atoms with Gasteiger partial charge >= 0.3 is 0 Å². The van der Waals surface area contributed by atoms with Gasteiger partial charge in [-0.1, -0.05) is 0 Å². The number of imidazole rings is 1. The van der Waals surface area contributed by atoms with Gasteiger partial charge in [0.2, 0.25) is 0 Å². The maximum atomic E-state index is 13.0. The zero-order chi connectivity index (χ0) is 17.4. The molecule has 4 rings (SSSR count). The summed E-state index contributed by atoms with van der Waals surface area (Å²) in [6.45, 7) is 1.97. The van der Waals surface area contributed by atoms with E-state index in [1.165, 1.54) is 12.1 Å². The maximum absolute atomic E-state index is 13.0. The van der Waals surface area contributed by atoms with Gasteiger partial charge in [0.25, 0.3) is 5.56 Å². The number of hydrogen-bond acceptors (Lipinski definition) is 4. The number of nitrogens with zero attached hydrogens (tertiary/aromatic N) is 2. The van der Waals surface area contributed by atoms with Crippen molar-refractivity contribution in [2.45, 2.75) is 19.5 Å². The quantitative estimate of drug-likeness (QED) is 0.629. The van der Waals surface area contributed by atoms with Gasteiger partial charge < -0.3 is 9.97 Å². The monoisotopic (exact) mass is 357 g/mol. The van der Waals surface area contributed by atoms with Gasteiger partial charge in [-0.15, -0.1) is 0 Å². The summed E-state index contributed by atoms with van der Waals surface area (Å²) in [6, 6.07) is 6.28. The third-order valence-electron chi connectivity index (χ3n) is 4.35. The predicted octanol–water partition coefficient (Wildman–Crippen LogP) is 2.52. The molecule has 1 aliphatic heterocycles. The average Bonchev–Trinajstić information content (AvgIpc) is 3.04.